The first-order valence-corrected chi connectivity index (χ1v) is 20.6. The van der Waals surface area contributed by atoms with Crippen LogP contribution in [0, 0.1) is 13.8 Å². The highest BCUT2D eigenvalue weighted by Crippen LogP contribution is 2.50. The monoisotopic (exact) mass is 754 g/mol. The van der Waals surface area contributed by atoms with Crippen molar-refractivity contribution in [2.45, 2.75) is 20.3 Å². The van der Waals surface area contributed by atoms with Crippen LogP contribution in [-0.4, -0.2) is 4.57 Å². The smallest absolute Gasteiger partial charge is 0.0622 e. The summed E-state index contributed by atoms with van der Waals surface area (Å²) in [4.78, 5) is 2.40. The summed E-state index contributed by atoms with van der Waals surface area (Å²) < 4.78 is 2.48. The average Bonchev–Trinajstić information content (AvgIpc) is 3.84. The highest BCUT2D eigenvalue weighted by atomic mass is 15.1. The van der Waals surface area contributed by atoms with Crippen LogP contribution in [0.5, 0.6) is 0 Å². The average molecular weight is 755 g/mol. The third-order valence-electron chi connectivity index (χ3n) is 12.3. The second kappa shape index (κ2) is 14.2. The molecule has 0 spiro atoms. The number of anilines is 3. The maximum Gasteiger partial charge on any atom is 0.0622 e. The van der Waals surface area contributed by atoms with Crippen LogP contribution in [0.2, 0.25) is 0 Å². The fraction of sp³-hybridized carbons (Fsp3) is 0.0526. The number of fused-ring (bicyclic) bond motifs is 7. The van der Waals surface area contributed by atoms with Crippen molar-refractivity contribution >= 4 is 38.9 Å². The minimum Gasteiger partial charge on any atom is -0.310 e. The minimum absolute atomic E-state index is 0.903. The van der Waals surface area contributed by atoms with Gasteiger partial charge < -0.3 is 9.47 Å². The zero-order valence-electron chi connectivity index (χ0n) is 33.2. The van der Waals surface area contributed by atoms with Gasteiger partial charge in [0.1, 0.15) is 0 Å². The lowest BCUT2D eigenvalue weighted by Gasteiger charge is -2.27. The van der Waals surface area contributed by atoms with Crippen LogP contribution < -0.4 is 4.90 Å². The van der Waals surface area contributed by atoms with Crippen molar-refractivity contribution in [2.75, 3.05) is 4.90 Å². The van der Waals surface area contributed by atoms with Gasteiger partial charge in [0.05, 0.1) is 11.0 Å². The fourth-order valence-corrected chi connectivity index (χ4v) is 9.44. The van der Waals surface area contributed by atoms with E-state index in [-0.39, 0.29) is 0 Å². The van der Waals surface area contributed by atoms with Crippen molar-refractivity contribution in [3.8, 4) is 50.2 Å². The van der Waals surface area contributed by atoms with Crippen molar-refractivity contribution in [3.63, 3.8) is 0 Å². The Kier molecular flexibility index (Phi) is 8.37. The van der Waals surface area contributed by atoms with E-state index < -0.39 is 0 Å². The van der Waals surface area contributed by atoms with Crippen molar-refractivity contribution in [3.05, 3.63) is 229 Å². The standard InChI is InChI=1S/C57H42N2/c1-38-15-9-11-21-48(38)51-36-47(30-25-39(51)2)58(45-31-26-41(27-32-45)40-16-5-3-6-17-40)46-33-28-42(29-34-46)52-37-54-50-23-13-14-24-55(50)59(44-19-7-4-8-20-44)57(54)56-49-22-12-10-18-43(49)35-53(52)56/h3-34,36-37H,35H2,1-2H3. The number of aromatic nitrogens is 1. The molecule has 2 nitrogen and oxygen atoms in total. The molecule has 0 unspecified atom stereocenters. The molecule has 1 aliphatic rings. The van der Waals surface area contributed by atoms with Crippen molar-refractivity contribution in [1.82, 2.24) is 4.57 Å². The van der Waals surface area contributed by atoms with Gasteiger partial charge in [-0.1, -0.05) is 146 Å². The summed E-state index contributed by atoms with van der Waals surface area (Å²) in [6, 6.07) is 75.6. The van der Waals surface area contributed by atoms with E-state index in [2.05, 4.69) is 230 Å². The first kappa shape index (κ1) is 34.8. The van der Waals surface area contributed by atoms with Gasteiger partial charge in [-0.2, -0.15) is 0 Å². The Balaban J connectivity index is 1.08. The second-order valence-electron chi connectivity index (χ2n) is 15.8. The van der Waals surface area contributed by atoms with Crippen LogP contribution in [-0.2, 0) is 6.42 Å². The van der Waals surface area contributed by atoms with Crippen LogP contribution in [0.1, 0.15) is 22.3 Å². The van der Waals surface area contributed by atoms with Crippen LogP contribution >= 0.6 is 0 Å². The lowest BCUT2D eigenvalue weighted by Crippen LogP contribution is -2.10. The second-order valence-corrected chi connectivity index (χ2v) is 15.8. The molecule has 280 valence electrons. The molecule has 10 aromatic rings. The van der Waals surface area contributed by atoms with E-state index >= 15 is 0 Å². The molecular formula is C57H42N2. The summed E-state index contributed by atoms with van der Waals surface area (Å²) in [5.41, 5.74) is 22.5. The largest absolute Gasteiger partial charge is 0.310 e. The van der Waals surface area contributed by atoms with E-state index in [0.29, 0.717) is 0 Å². The van der Waals surface area contributed by atoms with Gasteiger partial charge in [0.25, 0.3) is 0 Å². The maximum atomic E-state index is 2.48. The molecule has 59 heavy (non-hydrogen) atoms. The normalized spacial score (nSPS) is 11.8. The van der Waals surface area contributed by atoms with Crippen molar-refractivity contribution in [1.29, 1.82) is 0 Å². The molecule has 1 aromatic heterocycles. The number of rotatable bonds is 7. The Morgan fingerprint density at radius 2 is 0.983 bits per heavy atom. The molecule has 1 heterocycles. The first-order chi connectivity index (χ1) is 29.1. The highest BCUT2D eigenvalue weighted by Gasteiger charge is 2.28. The van der Waals surface area contributed by atoms with Crippen molar-refractivity contribution in [2.24, 2.45) is 0 Å². The minimum atomic E-state index is 0.903. The quantitative estimate of drug-likeness (QED) is 0.157. The topological polar surface area (TPSA) is 8.17 Å². The molecule has 2 heteroatoms. The number of benzene rings is 9. The number of hydrogen-bond acceptors (Lipinski definition) is 1. The van der Waals surface area contributed by atoms with Crippen LogP contribution in [0.3, 0.4) is 0 Å². The molecule has 0 aliphatic heterocycles. The molecule has 0 saturated carbocycles. The van der Waals surface area contributed by atoms with Gasteiger partial charge in [-0.25, -0.2) is 0 Å². The van der Waals surface area contributed by atoms with E-state index in [4.69, 9.17) is 0 Å². The third kappa shape index (κ3) is 5.87. The Morgan fingerprint density at radius 1 is 0.407 bits per heavy atom. The molecule has 0 amide bonds. The Morgan fingerprint density at radius 3 is 1.73 bits per heavy atom. The number of para-hydroxylation sites is 2. The number of nitrogens with zero attached hydrogens (tertiary/aromatic N) is 2. The molecule has 0 N–H and O–H groups in total. The van der Waals surface area contributed by atoms with Crippen LogP contribution in [0.15, 0.2) is 206 Å². The molecule has 0 saturated heterocycles. The van der Waals surface area contributed by atoms with Gasteiger partial charge in [0.15, 0.2) is 0 Å². The number of hydrogen-bond donors (Lipinski definition) is 0. The van der Waals surface area contributed by atoms with Crippen LogP contribution in [0.4, 0.5) is 17.1 Å². The van der Waals surface area contributed by atoms with Gasteiger partial charge in [0, 0.05) is 39.1 Å². The van der Waals surface area contributed by atoms with E-state index in [1.807, 2.05) is 0 Å². The SMILES string of the molecule is Cc1ccccc1-c1cc(N(c2ccc(-c3ccccc3)cc2)c2ccc(-c3cc4c5ccccc5n(-c5ccccc5)c4c4c3Cc3ccccc3-4)cc2)ccc1C. The molecule has 0 fully saturated rings. The summed E-state index contributed by atoms with van der Waals surface area (Å²) in [6.45, 7) is 4.41. The molecule has 0 radical (unpaired) electrons. The third-order valence-corrected chi connectivity index (χ3v) is 12.3. The number of aryl methyl sites for hydroxylation is 2. The summed E-state index contributed by atoms with van der Waals surface area (Å²) in [5.74, 6) is 0. The van der Waals surface area contributed by atoms with Gasteiger partial charge in [-0.3, -0.25) is 0 Å². The maximum absolute atomic E-state index is 2.48. The summed E-state index contributed by atoms with van der Waals surface area (Å²) in [5, 5.41) is 2.55. The highest BCUT2D eigenvalue weighted by molar-refractivity contribution is 6.17. The van der Waals surface area contributed by atoms with E-state index in [1.165, 1.54) is 94.3 Å². The Labute approximate surface area is 345 Å². The Hall–Kier alpha value is -7.42. The Bertz CT molecular complexity index is 3170. The predicted octanol–water partition coefficient (Wildman–Crippen LogP) is 15.4. The van der Waals surface area contributed by atoms with E-state index in [0.717, 1.165) is 23.5 Å². The van der Waals surface area contributed by atoms with E-state index in [1.54, 1.807) is 0 Å². The predicted molar refractivity (Wildman–Crippen MR) is 249 cm³/mol. The van der Waals surface area contributed by atoms with Crippen molar-refractivity contribution < 1.29 is 0 Å². The summed E-state index contributed by atoms with van der Waals surface area (Å²) in [7, 11) is 0. The molecule has 11 rings (SSSR count). The van der Waals surface area contributed by atoms with Gasteiger partial charge in [-0.05, 0) is 142 Å². The summed E-state index contributed by atoms with van der Waals surface area (Å²) in [6.07, 6.45) is 0.903. The molecular weight excluding hydrogens is 713 g/mol. The summed E-state index contributed by atoms with van der Waals surface area (Å²) >= 11 is 0. The molecule has 1 aliphatic carbocycles. The molecule has 9 aromatic carbocycles. The lowest BCUT2D eigenvalue weighted by atomic mass is 9.92. The van der Waals surface area contributed by atoms with Gasteiger partial charge >= 0.3 is 0 Å². The van der Waals surface area contributed by atoms with E-state index in [9.17, 15) is 0 Å². The zero-order valence-corrected chi connectivity index (χ0v) is 33.2. The molecule has 0 bridgehead atoms. The lowest BCUT2D eigenvalue weighted by molar-refractivity contribution is 1.18. The fourth-order valence-electron chi connectivity index (χ4n) is 9.44. The van der Waals surface area contributed by atoms with Gasteiger partial charge in [0.2, 0.25) is 0 Å². The zero-order chi connectivity index (χ0) is 39.5. The van der Waals surface area contributed by atoms with Gasteiger partial charge in [-0.15, -0.1) is 0 Å². The first-order valence-electron chi connectivity index (χ1n) is 20.6. The van der Waals surface area contributed by atoms with Crippen LogP contribution in [0.25, 0.3) is 72.0 Å². The molecule has 0 atom stereocenters.